The van der Waals surface area contributed by atoms with E-state index in [1.165, 1.54) is 0 Å². The second kappa shape index (κ2) is 8.42. The maximum Gasteiger partial charge on any atom is 0.224 e. The molecule has 1 fully saturated rings. The molecule has 2 rings (SSSR count). The molecule has 1 aromatic rings. The Labute approximate surface area is 138 Å². The van der Waals surface area contributed by atoms with Crippen molar-refractivity contribution in [3.8, 4) is 0 Å². The molecule has 2 N–H and O–H groups in total. The van der Waals surface area contributed by atoms with Crippen LogP contribution in [0.25, 0.3) is 0 Å². The molecular weight excluding hydrogens is 314 g/mol. The predicted molar refractivity (Wildman–Crippen MR) is 90.3 cm³/mol. The molecule has 0 aliphatic carbocycles. The number of carbonyl (C=O) groups excluding carboxylic acids is 1. The summed E-state index contributed by atoms with van der Waals surface area (Å²) in [6, 6.07) is 9.35. The van der Waals surface area contributed by atoms with Crippen LogP contribution in [0.1, 0.15) is 18.9 Å². The molecule has 1 amide bonds. The minimum Gasteiger partial charge on any atom is -0.355 e. The first-order valence-corrected chi connectivity index (χ1v) is 9.66. The first kappa shape index (κ1) is 17.9. The molecule has 1 saturated heterocycles. The summed E-state index contributed by atoms with van der Waals surface area (Å²) < 4.78 is 26.4. The highest BCUT2D eigenvalue weighted by molar-refractivity contribution is 7.89. The van der Waals surface area contributed by atoms with Gasteiger partial charge in [-0.2, -0.15) is 0 Å². The van der Waals surface area contributed by atoms with Crippen LogP contribution >= 0.6 is 0 Å². The summed E-state index contributed by atoms with van der Waals surface area (Å²) in [5.74, 6) is -0.162. The Balaban J connectivity index is 1.69. The van der Waals surface area contributed by atoms with Crippen molar-refractivity contribution in [2.75, 3.05) is 31.9 Å². The predicted octanol–water partition coefficient (Wildman–Crippen LogP) is 0.564. The first-order chi connectivity index (χ1) is 11.0. The number of likely N-dealkylation sites (tertiary alicyclic amines) is 1. The molecule has 1 aromatic carbocycles. The average molecular weight is 339 g/mol. The zero-order valence-corrected chi connectivity index (χ0v) is 14.3. The fourth-order valence-electron chi connectivity index (χ4n) is 2.65. The van der Waals surface area contributed by atoms with Gasteiger partial charge in [0, 0.05) is 19.6 Å². The van der Waals surface area contributed by atoms with Crippen LogP contribution in [0.4, 0.5) is 0 Å². The third-order valence-electron chi connectivity index (χ3n) is 4.10. The Morgan fingerprint density at radius 1 is 1.30 bits per heavy atom. The third kappa shape index (κ3) is 5.93. The molecule has 7 heteroatoms. The van der Waals surface area contributed by atoms with Crippen LogP contribution in [0, 0.1) is 5.92 Å². The SMILES string of the molecule is CCN1CCC(C(=O)NCCS(=O)(=O)NCc2ccccc2)C1. The molecule has 128 valence electrons. The first-order valence-electron chi connectivity index (χ1n) is 8.01. The molecule has 6 nitrogen and oxygen atoms in total. The van der Waals surface area contributed by atoms with E-state index in [1.54, 1.807) is 0 Å². The van der Waals surface area contributed by atoms with E-state index in [-0.39, 0.29) is 30.7 Å². The highest BCUT2D eigenvalue weighted by Gasteiger charge is 2.27. The molecule has 1 atom stereocenters. The number of carbonyl (C=O) groups is 1. The van der Waals surface area contributed by atoms with E-state index >= 15 is 0 Å². The molecule has 1 aliphatic heterocycles. The lowest BCUT2D eigenvalue weighted by atomic mass is 10.1. The van der Waals surface area contributed by atoms with Crippen molar-refractivity contribution in [2.24, 2.45) is 5.92 Å². The molecular formula is C16H25N3O3S. The van der Waals surface area contributed by atoms with Crippen molar-refractivity contribution >= 4 is 15.9 Å². The molecule has 0 aromatic heterocycles. The van der Waals surface area contributed by atoms with Gasteiger partial charge < -0.3 is 10.2 Å². The number of amides is 1. The van der Waals surface area contributed by atoms with Crippen LogP contribution in [0.15, 0.2) is 30.3 Å². The van der Waals surface area contributed by atoms with E-state index in [9.17, 15) is 13.2 Å². The van der Waals surface area contributed by atoms with E-state index in [1.807, 2.05) is 30.3 Å². The quantitative estimate of drug-likeness (QED) is 0.726. The van der Waals surface area contributed by atoms with Gasteiger partial charge >= 0.3 is 0 Å². The molecule has 1 unspecified atom stereocenters. The second-order valence-electron chi connectivity index (χ2n) is 5.80. The number of benzene rings is 1. The number of nitrogens with one attached hydrogen (secondary N) is 2. The maximum atomic E-state index is 12.0. The Morgan fingerprint density at radius 3 is 2.70 bits per heavy atom. The average Bonchev–Trinajstić information content (AvgIpc) is 3.03. The standard InChI is InChI=1S/C16H25N3O3S/c1-2-19-10-8-15(13-19)16(20)17-9-11-23(21,22)18-12-14-6-4-3-5-7-14/h3-7,15,18H,2,8-13H2,1H3,(H,17,20). The van der Waals surface area contributed by atoms with Crippen molar-refractivity contribution in [3.05, 3.63) is 35.9 Å². The van der Waals surface area contributed by atoms with Crippen molar-refractivity contribution in [2.45, 2.75) is 19.9 Å². The summed E-state index contributed by atoms with van der Waals surface area (Å²) >= 11 is 0. The van der Waals surface area contributed by atoms with Crippen LogP contribution < -0.4 is 10.0 Å². The summed E-state index contributed by atoms with van der Waals surface area (Å²) in [6.07, 6.45) is 0.846. The van der Waals surface area contributed by atoms with Gasteiger partial charge in [-0.15, -0.1) is 0 Å². The van der Waals surface area contributed by atoms with Crippen LogP contribution in [0.2, 0.25) is 0 Å². The van der Waals surface area contributed by atoms with E-state index in [2.05, 4.69) is 21.9 Å². The minimum absolute atomic E-state index is 0.0186. The lowest BCUT2D eigenvalue weighted by molar-refractivity contribution is -0.124. The Kier molecular flexibility index (Phi) is 6.56. The number of nitrogens with zero attached hydrogens (tertiary/aromatic N) is 1. The molecule has 0 spiro atoms. The van der Waals surface area contributed by atoms with Crippen LogP contribution in [-0.4, -0.2) is 51.2 Å². The van der Waals surface area contributed by atoms with Gasteiger partial charge in [-0.3, -0.25) is 4.79 Å². The van der Waals surface area contributed by atoms with Crippen LogP contribution in [0.3, 0.4) is 0 Å². The van der Waals surface area contributed by atoms with Gasteiger partial charge in [-0.25, -0.2) is 13.1 Å². The maximum absolute atomic E-state index is 12.0. The van der Waals surface area contributed by atoms with Gasteiger partial charge in [0.15, 0.2) is 0 Å². The summed E-state index contributed by atoms with van der Waals surface area (Å²) in [5, 5.41) is 2.74. The van der Waals surface area contributed by atoms with Gasteiger partial charge in [-0.05, 0) is 25.1 Å². The molecule has 1 heterocycles. The van der Waals surface area contributed by atoms with Gasteiger partial charge in [0.2, 0.25) is 15.9 Å². The van der Waals surface area contributed by atoms with Crippen molar-refractivity contribution < 1.29 is 13.2 Å². The molecule has 0 radical (unpaired) electrons. The highest BCUT2D eigenvalue weighted by atomic mass is 32.2. The largest absolute Gasteiger partial charge is 0.355 e. The van der Waals surface area contributed by atoms with Crippen molar-refractivity contribution in [1.82, 2.24) is 14.9 Å². The van der Waals surface area contributed by atoms with Gasteiger partial charge in [0.1, 0.15) is 0 Å². The second-order valence-corrected chi connectivity index (χ2v) is 7.72. The summed E-state index contributed by atoms with van der Waals surface area (Å²) in [7, 11) is -3.39. The summed E-state index contributed by atoms with van der Waals surface area (Å²) in [6.45, 7) is 5.14. The smallest absolute Gasteiger partial charge is 0.224 e. The normalized spacial score (nSPS) is 18.9. The minimum atomic E-state index is -3.39. The summed E-state index contributed by atoms with van der Waals surface area (Å²) in [5.41, 5.74) is 0.908. The highest BCUT2D eigenvalue weighted by Crippen LogP contribution is 2.15. The van der Waals surface area contributed by atoms with E-state index in [4.69, 9.17) is 0 Å². The Hall–Kier alpha value is -1.44. The monoisotopic (exact) mass is 339 g/mol. The third-order valence-corrected chi connectivity index (χ3v) is 5.43. The van der Waals surface area contributed by atoms with Crippen LogP contribution in [-0.2, 0) is 21.4 Å². The number of rotatable bonds is 8. The molecule has 23 heavy (non-hydrogen) atoms. The van der Waals surface area contributed by atoms with Gasteiger partial charge in [0.25, 0.3) is 0 Å². The fraction of sp³-hybridized carbons (Fsp3) is 0.562. The number of hydrogen-bond donors (Lipinski definition) is 2. The number of hydrogen-bond acceptors (Lipinski definition) is 4. The fourth-order valence-corrected chi connectivity index (χ4v) is 3.55. The van der Waals surface area contributed by atoms with Crippen molar-refractivity contribution in [1.29, 1.82) is 0 Å². The molecule has 0 bridgehead atoms. The molecule has 1 aliphatic rings. The van der Waals surface area contributed by atoms with Gasteiger partial charge in [-0.1, -0.05) is 37.3 Å². The van der Waals surface area contributed by atoms with Crippen LogP contribution in [0.5, 0.6) is 0 Å². The zero-order valence-electron chi connectivity index (χ0n) is 13.5. The van der Waals surface area contributed by atoms with Gasteiger partial charge in [0.05, 0.1) is 11.7 Å². The lowest BCUT2D eigenvalue weighted by Crippen LogP contribution is -2.37. The molecule has 0 saturated carbocycles. The van der Waals surface area contributed by atoms with E-state index in [0.717, 1.165) is 31.6 Å². The Bertz CT molecular complexity index is 604. The van der Waals surface area contributed by atoms with E-state index < -0.39 is 10.0 Å². The van der Waals surface area contributed by atoms with Crippen molar-refractivity contribution in [3.63, 3.8) is 0 Å². The number of sulfonamides is 1. The Morgan fingerprint density at radius 2 is 2.04 bits per heavy atom. The summed E-state index contributed by atoms with van der Waals surface area (Å²) in [4.78, 5) is 14.2. The van der Waals surface area contributed by atoms with E-state index in [0.29, 0.717) is 0 Å². The zero-order chi connectivity index (χ0) is 16.7. The topological polar surface area (TPSA) is 78.5 Å². The lowest BCUT2D eigenvalue weighted by Gasteiger charge is -2.13.